The third-order valence-electron chi connectivity index (χ3n) is 1.49. The summed E-state index contributed by atoms with van der Waals surface area (Å²) in [6, 6.07) is 0.111. The summed E-state index contributed by atoms with van der Waals surface area (Å²) in [5.41, 5.74) is 0. The Morgan fingerprint density at radius 3 is 2.42 bits per heavy atom. The van der Waals surface area contributed by atoms with E-state index in [4.69, 9.17) is 4.74 Å². The lowest BCUT2D eigenvalue weighted by Gasteiger charge is -2.14. The van der Waals surface area contributed by atoms with E-state index in [0.717, 1.165) is 0 Å². The SMILES string of the molecule is CCOC[C@@H](C)NC(=O)C(C)C. The minimum absolute atomic E-state index is 0.0501. The quantitative estimate of drug-likeness (QED) is 0.678. The number of carbonyl (C=O) groups excluding carboxylic acids is 1. The van der Waals surface area contributed by atoms with Gasteiger partial charge in [0.05, 0.1) is 6.61 Å². The molecule has 0 saturated carbocycles. The Balaban J connectivity index is 3.54. The molecule has 0 fully saturated rings. The van der Waals surface area contributed by atoms with Gasteiger partial charge in [0, 0.05) is 18.6 Å². The van der Waals surface area contributed by atoms with Crippen molar-refractivity contribution in [3.63, 3.8) is 0 Å². The highest BCUT2D eigenvalue weighted by Crippen LogP contribution is 1.93. The van der Waals surface area contributed by atoms with Crippen molar-refractivity contribution in [2.45, 2.75) is 33.7 Å². The third kappa shape index (κ3) is 5.13. The molecule has 12 heavy (non-hydrogen) atoms. The van der Waals surface area contributed by atoms with Gasteiger partial charge in [0.2, 0.25) is 5.91 Å². The smallest absolute Gasteiger partial charge is 0.222 e. The largest absolute Gasteiger partial charge is 0.380 e. The minimum atomic E-state index is 0.0501. The molecule has 0 bridgehead atoms. The van der Waals surface area contributed by atoms with Crippen LogP contribution in [0.15, 0.2) is 0 Å². The first-order valence-corrected chi connectivity index (χ1v) is 4.46. The van der Waals surface area contributed by atoms with Crippen molar-refractivity contribution in [2.75, 3.05) is 13.2 Å². The molecule has 0 saturated heterocycles. The first kappa shape index (κ1) is 11.4. The molecule has 0 heterocycles. The fraction of sp³-hybridized carbons (Fsp3) is 0.889. The van der Waals surface area contributed by atoms with Gasteiger partial charge in [-0.1, -0.05) is 13.8 Å². The summed E-state index contributed by atoms with van der Waals surface area (Å²) in [6.07, 6.45) is 0. The summed E-state index contributed by atoms with van der Waals surface area (Å²) in [7, 11) is 0. The van der Waals surface area contributed by atoms with E-state index >= 15 is 0 Å². The normalized spacial score (nSPS) is 13.1. The van der Waals surface area contributed by atoms with Crippen molar-refractivity contribution >= 4 is 5.91 Å². The van der Waals surface area contributed by atoms with Crippen molar-refractivity contribution in [1.29, 1.82) is 0 Å². The number of ether oxygens (including phenoxy) is 1. The van der Waals surface area contributed by atoms with Gasteiger partial charge in [-0.25, -0.2) is 0 Å². The Bertz CT molecular complexity index is 134. The molecule has 72 valence electrons. The van der Waals surface area contributed by atoms with Crippen LogP contribution in [0, 0.1) is 5.92 Å². The van der Waals surface area contributed by atoms with Crippen molar-refractivity contribution < 1.29 is 9.53 Å². The third-order valence-corrected chi connectivity index (χ3v) is 1.49. The highest BCUT2D eigenvalue weighted by molar-refractivity contribution is 5.78. The summed E-state index contributed by atoms with van der Waals surface area (Å²) in [5.74, 6) is 0.135. The van der Waals surface area contributed by atoms with E-state index < -0.39 is 0 Å². The number of rotatable bonds is 5. The van der Waals surface area contributed by atoms with Gasteiger partial charge in [-0.15, -0.1) is 0 Å². The fourth-order valence-electron chi connectivity index (χ4n) is 0.746. The predicted octanol–water partition coefficient (Wildman–Crippen LogP) is 1.18. The van der Waals surface area contributed by atoms with Crippen LogP contribution in [0.2, 0.25) is 0 Å². The van der Waals surface area contributed by atoms with Crippen LogP contribution in [0.3, 0.4) is 0 Å². The molecule has 0 unspecified atom stereocenters. The standard InChI is InChI=1S/C9H19NO2/c1-5-12-6-8(4)10-9(11)7(2)3/h7-8H,5-6H2,1-4H3,(H,10,11)/t8-/m1/s1. The average molecular weight is 173 g/mol. The Hall–Kier alpha value is -0.570. The van der Waals surface area contributed by atoms with Gasteiger partial charge in [0.1, 0.15) is 0 Å². The lowest BCUT2D eigenvalue weighted by atomic mass is 10.2. The van der Waals surface area contributed by atoms with Crippen LogP contribution in [0.4, 0.5) is 0 Å². The Morgan fingerprint density at radius 2 is 2.00 bits per heavy atom. The zero-order valence-corrected chi connectivity index (χ0v) is 8.39. The fourth-order valence-corrected chi connectivity index (χ4v) is 0.746. The lowest BCUT2D eigenvalue weighted by molar-refractivity contribution is -0.125. The van der Waals surface area contributed by atoms with Crippen molar-refractivity contribution in [3.8, 4) is 0 Å². The molecule has 1 amide bonds. The van der Waals surface area contributed by atoms with Crippen LogP contribution in [0.5, 0.6) is 0 Å². The van der Waals surface area contributed by atoms with E-state index in [1.165, 1.54) is 0 Å². The van der Waals surface area contributed by atoms with E-state index in [1.54, 1.807) is 0 Å². The van der Waals surface area contributed by atoms with Gasteiger partial charge in [0.15, 0.2) is 0 Å². The van der Waals surface area contributed by atoms with Gasteiger partial charge in [-0.3, -0.25) is 4.79 Å². The molecule has 0 radical (unpaired) electrons. The van der Waals surface area contributed by atoms with Gasteiger partial charge in [-0.2, -0.15) is 0 Å². The van der Waals surface area contributed by atoms with Gasteiger partial charge < -0.3 is 10.1 Å². The molecule has 1 N–H and O–H groups in total. The predicted molar refractivity (Wildman–Crippen MR) is 48.9 cm³/mol. The Labute approximate surface area is 74.5 Å². The van der Waals surface area contributed by atoms with Crippen LogP contribution in [0.1, 0.15) is 27.7 Å². The maximum atomic E-state index is 11.1. The molecule has 0 spiro atoms. The number of nitrogens with one attached hydrogen (secondary N) is 1. The van der Waals surface area contributed by atoms with E-state index in [9.17, 15) is 4.79 Å². The molecule has 0 aliphatic carbocycles. The Morgan fingerprint density at radius 1 is 1.42 bits per heavy atom. The van der Waals surface area contributed by atoms with Crippen LogP contribution in [-0.2, 0) is 9.53 Å². The molecule has 0 aromatic heterocycles. The average Bonchev–Trinajstić information content (AvgIpc) is 2.00. The summed E-state index contributed by atoms with van der Waals surface area (Å²) in [5, 5.41) is 2.85. The van der Waals surface area contributed by atoms with E-state index in [1.807, 2.05) is 27.7 Å². The van der Waals surface area contributed by atoms with E-state index in [0.29, 0.717) is 13.2 Å². The molecule has 3 nitrogen and oxygen atoms in total. The molecular weight excluding hydrogens is 154 g/mol. The molecule has 3 heteroatoms. The molecular formula is C9H19NO2. The van der Waals surface area contributed by atoms with E-state index in [2.05, 4.69) is 5.32 Å². The summed E-state index contributed by atoms with van der Waals surface area (Å²) < 4.78 is 5.16. The minimum Gasteiger partial charge on any atom is -0.380 e. The molecule has 1 atom stereocenters. The highest BCUT2D eigenvalue weighted by Gasteiger charge is 2.09. The van der Waals surface area contributed by atoms with Gasteiger partial charge >= 0.3 is 0 Å². The topological polar surface area (TPSA) is 38.3 Å². The van der Waals surface area contributed by atoms with Crippen molar-refractivity contribution in [1.82, 2.24) is 5.32 Å². The first-order valence-electron chi connectivity index (χ1n) is 4.46. The maximum Gasteiger partial charge on any atom is 0.222 e. The second kappa shape index (κ2) is 6.00. The first-order chi connectivity index (χ1) is 5.57. The summed E-state index contributed by atoms with van der Waals surface area (Å²) in [6.45, 7) is 8.93. The van der Waals surface area contributed by atoms with Crippen LogP contribution < -0.4 is 5.32 Å². The second-order valence-corrected chi connectivity index (χ2v) is 3.22. The van der Waals surface area contributed by atoms with Gasteiger partial charge in [0.25, 0.3) is 0 Å². The van der Waals surface area contributed by atoms with Crippen molar-refractivity contribution in [2.24, 2.45) is 5.92 Å². The molecule has 0 aliphatic rings. The molecule has 0 aromatic carbocycles. The van der Waals surface area contributed by atoms with Gasteiger partial charge in [-0.05, 0) is 13.8 Å². The summed E-state index contributed by atoms with van der Waals surface area (Å²) >= 11 is 0. The molecule has 0 rings (SSSR count). The molecule has 0 aromatic rings. The monoisotopic (exact) mass is 173 g/mol. The molecule has 0 aliphatic heterocycles. The van der Waals surface area contributed by atoms with Crippen LogP contribution >= 0.6 is 0 Å². The summed E-state index contributed by atoms with van der Waals surface area (Å²) in [4.78, 5) is 11.1. The van der Waals surface area contributed by atoms with E-state index in [-0.39, 0.29) is 17.9 Å². The maximum absolute atomic E-state index is 11.1. The highest BCUT2D eigenvalue weighted by atomic mass is 16.5. The zero-order valence-electron chi connectivity index (χ0n) is 8.39. The van der Waals surface area contributed by atoms with Crippen LogP contribution in [0.25, 0.3) is 0 Å². The Kier molecular flexibility index (Phi) is 5.72. The zero-order chi connectivity index (χ0) is 9.56. The van der Waals surface area contributed by atoms with Crippen LogP contribution in [-0.4, -0.2) is 25.2 Å². The van der Waals surface area contributed by atoms with Crippen molar-refractivity contribution in [3.05, 3.63) is 0 Å². The number of hydrogen-bond acceptors (Lipinski definition) is 2. The number of carbonyl (C=O) groups is 1. The number of hydrogen-bond donors (Lipinski definition) is 1. The lowest BCUT2D eigenvalue weighted by Crippen LogP contribution is -2.38. The second-order valence-electron chi connectivity index (χ2n) is 3.22. The number of amides is 1.